The van der Waals surface area contributed by atoms with E-state index in [2.05, 4.69) is 6.07 Å². The Kier molecular flexibility index (Phi) is 2.23. The molecule has 0 saturated carbocycles. The third kappa shape index (κ3) is 1.41. The highest BCUT2D eigenvalue weighted by Crippen LogP contribution is 2.27. The van der Waals surface area contributed by atoms with Crippen molar-refractivity contribution in [2.45, 2.75) is 24.5 Å². The third-order valence-electron chi connectivity index (χ3n) is 1.34. The van der Waals surface area contributed by atoms with Crippen LogP contribution in [0.15, 0.2) is 0 Å². The lowest BCUT2D eigenvalue weighted by molar-refractivity contribution is 0.796. The molecule has 1 fully saturated rings. The Hall–Kier alpha value is -0.160. The predicted octanol–water partition coefficient (Wildman–Crippen LogP) is 1.80. The average molecular weight is 127 g/mol. The van der Waals surface area contributed by atoms with Crippen molar-refractivity contribution in [2.24, 2.45) is 0 Å². The molecule has 1 aliphatic rings. The van der Waals surface area contributed by atoms with Gasteiger partial charge in [-0.25, -0.2) is 0 Å². The van der Waals surface area contributed by atoms with Gasteiger partial charge < -0.3 is 0 Å². The van der Waals surface area contributed by atoms with Gasteiger partial charge in [0.05, 0.1) is 6.07 Å². The monoisotopic (exact) mass is 127 g/mol. The van der Waals surface area contributed by atoms with E-state index in [1.807, 2.05) is 11.8 Å². The first-order chi connectivity index (χ1) is 3.93. The standard InChI is InChI=1S/C6H9NS/c7-4-3-6-2-1-5-8-6/h6H,1-3,5H2. The first-order valence-corrected chi connectivity index (χ1v) is 3.97. The highest BCUT2D eigenvalue weighted by molar-refractivity contribution is 8.00. The fourth-order valence-electron chi connectivity index (χ4n) is 0.907. The second-order valence-electron chi connectivity index (χ2n) is 2.00. The molecule has 1 aliphatic heterocycles. The van der Waals surface area contributed by atoms with Gasteiger partial charge in [0.1, 0.15) is 0 Å². The lowest BCUT2D eigenvalue weighted by Crippen LogP contribution is -1.91. The molecule has 8 heavy (non-hydrogen) atoms. The molecule has 0 spiro atoms. The van der Waals surface area contributed by atoms with Crippen LogP contribution in [-0.4, -0.2) is 11.0 Å². The van der Waals surface area contributed by atoms with Gasteiger partial charge in [-0.2, -0.15) is 17.0 Å². The van der Waals surface area contributed by atoms with E-state index in [9.17, 15) is 0 Å². The molecule has 0 aromatic carbocycles. The Morgan fingerprint density at radius 3 is 3.12 bits per heavy atom. The van der Waals surface area contributed by atoms with Gasteiger partial charge in [0.15, 0.2) is 0 Å². The van der Waals surface area contributed by atoms with Gasteiger partial charge in [0.2, 0.25) is 0 Å². The van der Waals surface area contributed by atoms with Crippen LogP contribution in [-0.2, 0) is 0 Å². The molecule has 1 heterocycles. The maximum Gasteiger partial charge on any atom is 0.0633 e. The van der Waals surface area contributed by atoms with Crippen LogP contribution in [0, 0.1) is 11.3 Å². The number of nitriles is 1. The number of hydrogen-bond acceptors (Lipinski definition) is 2. The SMILES string of the molecule is N#CCC1CCCS1. The van der Waals surface area contributed by atoms with Crippen LogP contribution < -0.4 is 0 Å². The smallest absolute Gasteiger partial charge is 0.0633 e. The molecular formula is C6H9NS. The summed E-state index contributed by atoms with van der Waals surface area (Å²) in [5.41, 5.74) is 0. The average Bonchev–Trinajstić information content (AvgIpc) is 2.19. The zero-order valence-corrected chi connectivity index (χ0v) is 5.58. The van der Waals surface area contributed by atoms with E-state index in [4.69, 9.17) is 5.26 Å². The number of thioether (sulfide) groups is 1. The minimum Gasteiger partial charge on any atom is -0.198 e. The van der Waals surface area contributed by atoms with Gasteiger partial charge in [0.25, 0.3) is 0 Å². The van der Waals surface area contributed by atoms with Crippen molar-refractivity contribution in [2.75, 3.05) is 5.75 Å². The summed E-state index contributed by atoms with van der Waals surface area (Å²) in [6.07, 6.45) is 3.33. The van der Waals surface area contributed by atoms with E-state index < -0.39 is 0 Å². The maximum absolute atomic E-state index is 8.26. The molecule has 0 aliphatic carbocycles. The zero-order valence-electron chi connectivity index (χ0n) is 4.76. The summed E-state index contributed by atoms with van der Waals surface area (Å²) < 4.78 is 0. The maximum atomic E-state index is 8.26. The highest BCUT2D eigenvalue weighted by atomic mass is 32.2. The quantitative estimate of drug-likeness (QED) is 0.536. The van der Waals surface area contributed by atoms with Crippen LogP contribution in [0.25, 0.3) is 0 Å². The first kappa shape index (κ1) is 5.97. The number of rotatable bonds is 1. The van der Waals surface area contributed by atoms with Crippen molar-refractivity contribution < 1.29 is 0 Å². The summed E-state index contributed by atoms with van der Waals surface area (Å²) in [6.45, 7) is 0. The van der Waals surface area contributed by atoms with Crippen LogP contribution in [0.1, 0.15) is 19.3 Å². The van der Waals surface area contributed by atoms with Crippen molar-refractivity contribution in [1.82, 2.24) is 0 Å². The van der Waals surface area contributed by atoms with Gasteiger partial charge in [-0.05, 0) is 18.6 Å². The first-order valence-electron chi connectivity index (χ1n) is 2.92. The molecule has 1 atom stereocenters. The summed E-state index contributed by atoms with van der Waals surface area (Å²) in [5.74, 6) is 1.27. The van der Waals surface area contributed by atoms with Crippen LogP contribution in [0.4, 0.5) is 0 Å². The normalized spacial score (nSPS) is 27.6. The lowest BCUT2D eigenvalue weighted by atomic mass is 10.2. The van der Waals surface area contributed by atoms with E-state index in [0.29, 0.717) is 5.25 Å². The molecule has 0 radical (unpaired) electrons. The second-order valence-corrected chi connectivity index (χ2v) is 3.41. The summed E-state index contributed by atoms with van der Waals surface area (Å²) >= 11 is 1.94. The Morgan fingerprint density at radius 1 is 1.75 bits per heavy atom. The molecule has 1 nitrogen and oxygen atoms in total. The molecule has 44 valence electrons. The molecule has 1 rings (SSSR count). The third-order valence-corrected chi connectivity index (χ3v) is 2.74. The Balaban J connectivity index is 2.17. The largest absolute Gasteiger partial charge is 0.198 e. The summed E-state index contributed by atoms with van der Waals surface area (Å²) in [4.78, 5) is 0. The van der Waals surface area contributed by atoms with Crippen LogP contribution in [0.5, 0.6) is 0 Å². The fourth-order valence-corrected chi connectivity index (χ4v) is 2.10. The Labute approximate surface area is 54.1 Å². The molecule has 0 aromatic rings. The highest BCUT2D eigenvalue weighted by Gasteiger charge is 2.13. The molecule has 2 heteroatoms. The van der Waals surface area contributed by atoms with E-state index in [-0.39, 0.29) is 0 Å². The molecular weight excluding hydrogens is 118 g/mol. The second kappa shape index (κ2) is 2.99. The van der Waals surface area contributed by atoms with E-state index >= 15 is 0 Å². The lowest BCUT2D eigenvalue weighted by Gasteiger charge is -1.97. The molecule has 0 amide bonds. The Morgan fingerprint density at radius 2 is 2.62 bits per heavy atom. The topological polar surface area (TPSA) is 23.8 Å². The van der Waals surface area contributed by atoms with Crippen LogP contribution in [0.2, 0.25) is 0 Å². The minimum atomic E-state index is 0.667. The van der Waals surface area contributed by atoms with Crippen molar-refractivity contribution >= 4 is 11.8 Å². The van der Waals surface area contributed by atoms with Gasteiger partial charge >= 0.3 is 0 Å². The summed E-state index contributed by atoms with van der Waals surface area (Å²) in [6, 6.07) is 2.19. The van der Waals surface area contributed by atoms with Crippen LogP contribution >= 0.6 is 11.8 Å². The van der Waals surface area contributed by atoms with Gasteiger partial charge in [0, 0.05) is 11.7 Å². The van der Waals surface area contributed by atoms with Crippen molar-refractivity contribution in [3.63, 3.8) is 0 Å². The van der Waals surface area contributed by atoms with E-state index in [0.717, 1.165) is 6.42 Å². The van der Waals surface area contributed by atoms with Crippen molar-refractivity contribution in [3.05, 3.63) is 0 Å². The summed E-state index contributed by atoms with van der Waals surface area (Å²) in [7, 11) is 0. The summed E-state index contributed by atoms with van der Waals surface area (Å²) in [5, 5.41) is 8.93. The fraction of sp³-hybridized carbons (Fsp3) is 0.833. The van der Waals surface area contributed by atoms with Gasteiger partial charge in [-0.3, -0.25) is 0 Å². The van der Waals surface area contributed by atoms with Gasteiger partial charge in [-0.1, -0.05) is 0 Å². The van der Waals surface area contributed by atoms with E-state index in [1.54, 1.807) is 0 Å². The van der Waals surface area contributed by atoms with E-state index in [1.165, 1.54) is 18.6 Å². The molecule has 0 bridgehead atoms. The molecule has 0 aromatic heterocycles. The molecule has 1 saturated heterocycles. The minimum absolute atomic E-state index is 0.667. The Bertz CT molecular complexity index is 99.6. The predicted molar refractivity (Wildman–Crippen MR) is 35.7 cm³/mol. The number of nitrogens with zero attached hydrogens (tertiary/aromatic N) is 1. The zero-order chi connectivity index (χ0) is 5.82. The van der Waals surface area contributed by atoms with Crippen LogP contribution in [0.3, 0.4) is 0 Å². The van der Waals surface area contributed by atoms with Gasteiger partial charge in [-0.15, -0.1) is 0 Å². The number of hydrogen-bond donors (Lipinski definition) is 0. The van der Waals surface area contributed by atoms with Crippen molar-refractivity contribution in [1.29, 1.82) is 5.26 Å². The van der Waals surface area contributed by atoms with Crippen molar-refractivity contribution in [3.8, 4) is 6.07 Å². The molecule has 1 unspecified atom stereocenters. The molecule has 0 N–H and O–H groups in total.